The lowest BCUT2D eigenvalue weighted by Gasteiger charge is -2.20. The van der Waals surface area contributed by atoms with Crippen LogP contribution in [0.1, 0.15) is 16.9 Å². The molecule has 3 amide bonds. The minimum absolute atomic E-state index is 0.108. The number of para-hydroxylation sites is 1. The minimum atomic E-state index is -4.63. The van der Waals surface area contributed by atoms with E-state index in [4.69, 9.17) is 4.42 Å². The molecule has 0 aliphatic carbocycles. The van der Waals surface area contributed by atoms with Crippen LogP contribution in [-0.2, 0) is 23.9 Å². The van der Waals surface area contributed by atoms with Crippen molar-refractivity contribution < 1.29 is 27.2 Å². The Bertz CT molecular complexity index is 1010. The number of rotatable bonds is 7. The maximum atomic E-state index is 13.2. The van der Waals surface area contributed by atoms with Crippen LogP contribution in [0, 0.1) is 0 Å². The molecule has 3 N–H and O–H groups in total. The average Bonchev–Trinajstić information content (AvgIpc) is 3.25. The van der Waals surface area contributed by atoms with Crippen molar-refractivity contribution in [3.8, 4) is 0 Å². The Morgan fingerprint density at radius 2 is 1.65 bits per heavy atom. The number of carbonyl (C=O) groups excluding carboxylic acids is 2. The Morgan fingerprint density at radius 3 is 2.32 bits per heavy atom. The van der Waals surface area contributed by atoms with Gasteiger partial charge in [0.05, 0.1) is 24.1 Å². The highest BCUT2D eigenvalue weighted by Crippen LogP contribution is 2.34. The molecule has 3 rings (SSSR count). The van der Waals surface area contributed by atoms with E-state index in [9.17, 15) is 22.8 Å². The fourth-order valence-electron chi connectivity index (χ4n) is 2.93. The van der Waals surface area contributed by atoms with E-state index in [1.807, 2.05) is 6.07 Å². The smallest absolute Gasteiger partial charge is 0.418 e. The molecule has 0 bridgehead atoms. The van der Waals surface area contributed by atoms with Crippen molar-refractivity contribution in [3.63, 3.8) is 0 Å². The van der Waals surface area contributed by atoms with Gasteiger partial charge in [-0.25, -0.2) is 4.79 Å². The summed E-state index contributed by atoms with van der Waals surface area (Å²) in [5.41, 5.74) is -0.606. The van der Waals surface area contributed by atoms with Crippen LogP contribution >= 0.6 is 0 Å². The summed E-state index contributed by atoms with van der Waals surface area (Å²) in [6, 6.07) is 15.0. The van der Waals surface area contributed by atoms with Gasteiger partial charge in [-0.15, -0.1) is 0 Å². The molecule has 9 heteroatoms. The molecule has 0 fully saturated rings. The van der Waals surface area contributed by atoms with E-state index in [2.05, 4.69) is 16.0 Å². The van der Waals surface area contributed by atoms with E-state index in [1.54, 1.807) is 36.4 Å². The number of furan rings is 1. The number of alkyl halides is 3. The molecule has 1 unspecified atom stereocenters. The van der Waals surface area contributed by atoms with Crippen LogP contribution in [0.4, 0.5) is 23.7 Å². The molecule has 0 saturated heterocycles. The van der Waals surface area contributed by atoms with E-state index < -0.39 is 35.4 Å². The van der Waals surface area contributed by atoms with Gasteiger partial charge >= 0.3 is 12.2 Å². The molecule has 1 heterocycles. The Kier molecular flexibility index (Phi) is 6.96. The van der Waals surface area contributed by atoms with Crippen LogP contribution in [-0.4, -0.2) is 18.0 Å². The summed E-state index contributed by atoms with van der Waals surface area (Å²) < 4.78 is 44.7. The predicted molar refractivity (Wildman–Crippen MR) is 108 cm³/mol. The Labute approximate surface area is 176 Å². The van der Waals surface area contributed by atoms with E-state index in [1.165, 1.54) is 18.4 Å². The van der Waals surface area contributed by atoms with Crippen LogP contribution < -0.4 is 16.0 Å². The number of amides is 3. The zero-order valence-electron chi connectivity index (χ0n) is 16.3. The van der Waals surface area contributed by atoms with E-state index >= 15 is 0 Å². The summed E-state index contributed by atoms with van der Waals surface area (Å²) in [5, 5.41) is 7.31. The number of hydrogen-bond donors (Lipinski definition) is 3. The quantitative estimate of drug-likeness (QED) is 0.520. The molecule has 0 aliphatic rings. The summed E-state index contributed by atoms with van der Waals surface area (Å²) >= 11 is 0. The second-order valence-corrected chi connectivity index (χ2v) is 6.68. The number of carbonyl (C=O) groups is 2. The SMILES string of the molecule is O=C(Nc1ccccc1C(F)(F)F)NC(Cc1ccccc1)C(=O)NCc1ccco1. The largest absolute Gasteiger partial charge is 0.467 e. The van der Waals surface area contributed by atoms with Crippen molar-refractivity contribution in [2.75, 3.05) is 5.32 Å². The Hall–Kier alpha value is -3.75. The number of benzene rings is 2. The zero-order valence-corrected chi connectivity index (χ0v) is 16.3. The highest BCUT2D eigenvalue weighted by Gasteiger charge is 2.33. The van der Waals surface area contributed by atoms with Gasteiger partial charge in [0.1, 0.15) is 11.8 Å². The molecular weight excluding hydrogens is 411 g/mol. The molecule has 3 aromatic rings. The number of halogens is 3. The van der Waals surface area contributed by atoms with Crippen molar-refractivity contribution in [2.45, 2.75) is 25.2 Å². The van der Waals surface area contributed by atoms with Crippen molar-refractivity contribution in [2.24, 2.45) is 0 Å². The van der Waals surface area contributed by atoms with E-state index in [-0.39, 0.29) is 13.0 Å². The van der Waals surface area contributed by atoms with Crippen LogP contribution in [0.25, 0.3) is 0 Å². The fraction of sp³-hybridized carbons (Fsp3) is 0.182. The highest BCUT2D eigenvalue weighted by molar-refractivity contribution is 5.94. The Balaban J connectivity index is 1.71. The number of nitrogens with one attached hydrogen (secondary N) is 3. The van der Waals surface area contributed by atoms with Gasteiger partial charge in [-0.05, 0) is 29.8 Å². The molecule has 162 valence electrons. The van der Waals surface area contributed by atoms with Crippen molar-refractivity contribution >= 4 is 17.6 Å². The summed E-state index contributed by atoms with van der Waals surface area (Å²) in [6.45, 7) is 0.108. The summed E-state index contributed by atoms with van der Waals surface area (Å²) in [6.07, 6.45) is -3.01. The van der Waals surface area contributed by atoms with Crippen LogP contribution in [0.15, 0.2) is 77.4 Å². The zero-order chi connectivity index (χ0) is 22.3. The standard InChI is InChI=1S/C22H20F3N3O3/c23-22(24,25)17-10-4-5-11-18(17)27-21(30)28-19(13-15-7-2-1-3-8-15)20(29)26-14-16-9-6-12-31-16/h1-12,19H,13-14H2,(H,26,29)(H2,27,28,30). The van der Waals surface area contributed by atoms with Gasteiger partial charge in [0.15, 0.2) is 0 Å². The first-order valence-electron chi connectivity index (χ1n) is 9.40. The lowest BCUT2D eigenvalue weighted by atomic mass is 10.1. The van der Waals surface area contributed by atoms with Gasteiger partial charge in [0.2, 0.25) is 5.91 Å². The molecule has 1 aromatic heterocycles. The van der Waals surface area contributed by atoms with Gasteiger partial charge < -0.3 is 20.4 Å². The van der Waals surface area contributed by atoms with E-state index in [0.717, 1.165) is 17.7 Å². The monoisotopic (exact) mass is 431 g/mol. The average molecular weight is 431 g/mol. The maximum Gasteiger partial charge on any atom is 0.418 e. The molecule has 0 radical (unpaired) electrons. The topological polar surface area (TPSA) is 83.4 Å². The van der Waals surface area contributed by atoms with Crippen molar-refractivity contribution in [1.82, 2.24) is 10.6 Å². The molecule has 6 nitrogen and oxygen atoms in total. The minimum Gasteiger partial charge on any atom is -0.467 e. The third-order valence-corrected chi connectivity index (χ3v) is 4.40. The van der Waals surface area contributed by atoms with Crippen LogP contribution in [0.3, 0.4) is 0 Å². The molecule has 0 spiro atoms. The molecule has 31 heavy (non-hydrogen) atoms. The lowest BCUT2D eigenvalue weighted by Crippen LogP contribution is -2.49. The number of urea groups is 1. The maximum absolute atomic E-state index is 13.2. The molecule has 1 atom stereocenters. The van der Waals surface area contributed by atoms with Gasteiger partial charge in [-0.1, -0.05) is 42.5 Å². The first-order chi connectivity index (χ1) is 14.8. The van der Waals surface area contributed by atoms with Gasteiger partial charge in [-0.2, -0.15) is 13.2 Å². The first-order valence-corrected chi connectivity index (χ1v) is 9.40. The fourth-order valence-corrected chi connectivity index (χ4v) is 2.93. The molecule has 0 aliphatic heterocycles. The second kappa shape index (κ2) is 9.84. The number of hydrogen-bond acceptors (Lipinski definition) is 3. The van der Waals surface area contributed by atoms with Gasteiger partial charge in [0, 0.05) is 6.42 Å². The van der Waals surface area contributed by atoms with Crippen molar-refractivity contribution in [1.29, 1.82) is 0 Å². The Morgan fingerprint density at radius 1 is 0.935 bits per heavy atom. The van der Waals surface area contributed by atoms with Crippen LogP contribution in [0.2, 0.25) is 0 Å². The van der Waals surface area contributed by atoms with Crippen molar-refractivity contribution in [3.05, 3.63) is 89.9 Å². The van der Waals surface area contributed by atoms with Crippen LogP contribution in [0.5, 0.6) is 0 Å². The molecule has 0 saturated carbocycles. The highest BCUT2D eigenvalue weighted by atomic mass is 19.4. The predicted octanol–water partition coefficient (Wildman–Crippen LogP) is 4.35. The molecular formula is C22H20F3N3O3. The summed E-state index contributed by atoms with van der Waals surface area (Å²) in [7, 11) is 0. The first kappa shape index (κ1) is 21.9. The van der Waals surface area contributed by atoms with Gasteiger partial charge in [0.25, 0.3) is 0 Å². The van der Waals surface area contributed by atoms with Gasteiger partial charge in [-0.3, -0.25) is 4.79 Å². The second-order valence-electron chi connectivity index (χ2n) is 6.68. The third kappa shape index (κ3) is 6.36. The summed E-state index contributed by atoms with van der Waals surface area (Å²) in [5.74, 6) is 0.0230. The summed E-state index contributed by atoms with van der Waals surface area (Å²) in [4.78, 5) is 25.1. The molecule has 2 aromatic carbocycles. The number of anilines is 1. The lowest BCUT2D eigenvalue weighted by molar-refractivity contribution is -0.137. The van der Waals surface area contributed by atoms with E-state index in [0.29, 0.717) is 5.76 Å². The normalized spacial score (nSPS) is 12.1. The third-order valence-electron chi connectivity index (χ3n) is 4.40.